The predicted octanol–water partition coefficient (Wildman–Crippen LogP) is 2.31. The molecule has 1 aromatic carbocycles. The van der Waals surface area contributed by atoms with Gasteiger partial charge < -0.3 is 13.9 Å². The molecule has 0 aliphatic carbocycles. The molecule has 1 saturated heterocycles. The second-order valence-corrected chi connectivity index (χ2v) is 9.15. The Morgan fingerprint density at radius 2 is 1.82 bits per heavy atom. The fourth-order valence-electron chi connectivity index (χ4n) is 3.67. The van der Waals surface area contributed by atoms with Crippen LogP contribution in [-0.4, -0.2) is 60.5 Å². The highest BCUT2D eigenvalue weighted by molar-refractivity contribution is 7.88. The number of furan rings is 1. The van der Waals surface area contributed by atoms with Crippen molar-refractivity contribution in [2.45, 2.75) is 13.5 Å². The number of rotatable bonds is 4. The first-order valence-corrected chi connectivity index (χ1v) is 11.0. The molecule has 7 nitrogen and oxygen atoms in total. The van der Waals surface area contributed by atoms with E-state index in [0.717, 1.165) is 16.6 Å². The van der Waals surface area contributed by atoms with Crippen LogP contribution in [0.25, 0.3) is 11.1 Å². The normalized spacial score (nSPS) is 16.0. The third-order valence-electron chi connectivity index (χ3n) is 5.33. The topological polar surface area (TPSA) is 75.8 Å². The van der Waals surface area contributed by atoms with Crippen LogP contribution < -0.4 is 0 Å². The van der Waals surface area contributed by atoms with Gasteiger partial charge in [-0.3, -0.25) is 4.79 Å². The Morgan fingerprint density at radius 3 is 2.50 bits per heavy atom. The van der Waals surface area contributed by atoms with Crippen molar-refractivity contribution in [1.82, 2.24) is 13.8 Å². The van der Waals surface area contributed by atoms with Gasteiger partial charge in [-0.1, -0.05) is 24.3 Å². The van der Waals surface area contributed by atoms with E-state index in [-0.39, 0.29) is 5.91 Å². The van der Waals surface area contributed by atoms with Gasteiger partial charge in [0.05, 0.1) is 18.0 Å². The number of amides is 1. The zero-order valence-electron chi connectivity index (χ0n) is 16.0. The number of carbonyl (C=O) groups excluding carboxylic acids is 1. The lowest BCUT2D eigenvalue weighted by molar-refractivity contribution is 0.0688. The molecule has 4 rings (SSSR count). The largest absolute Gasteiger partial charge is 0.463 e. The first-order valence-electron chi connectivity index (χ1n) is 9.20. The van der Waals surface area contributed by atoms with Crippen LogP contribution in [-0.2, 0) is 16.6 Å². The van der Waals surface area contributed by atoms with Gasteiger partial charge in [0.1, 0.15) is 5.69 Å². The monoisotopic (exact) mass is 401 g/mol. The molecule has 0 unspecified atom stereocenters. The van der Waals surface area contributed by atoms with Crippen LogP contribution in [0.15, 0.2) is 47.1 Å². The molecule has 0 spiro atoms. The molecule has 0 bridgehead atoms. The summed E-state index contributed by atoms with van der Waals surface area (Å²) in [5.41, 5.74) is 4.41. The molecular formula is C20H23N3O4S. The molecule has 1 fully saturated rings. The molecule has 0 atom stereocenters. The maximum absolute atomic E-state index is 13.2. The van der Waals surface area contributed by atoms with Gasteiger partial charge >= 0.3 is 0 Å². The van der Waals surface area contributed by atoms with Crippen LogP contribution in [0.1, 0.15) is 21.6 Å². The van der Waals surface area contributed by atoms with E-state index in [2.05, 4.69) is 19.1 Å². The van der Waals surface area contributed by atoms with Crippen molar-refractivity contribution in [1.29, 1.82) is 0 Å². The van der Waals surface area contributed by atoms with Gasteiger partial charge in [-0.2, -0.15) is 4.31 Å². The van der Waals surface area contributed by atoms with Gasteiger partial charge in [-0.05, 0) is 18.1 Å². The molecule has 3 aromatic rings. The molecule has 148 valence electrons. The Labute approximate surface area is 164 Å². The van der Waals surface area contributed by atoms with Crippen molar-refractivity contribution in [2.24, 2.45) is 0 Å². The molecule has 1 amide bonds. The van der Waals surface area contributed by atoms with Crippen molar-refractivity contribution in [3.05, 3.63) is 59.5 Å². The van der Waals surface area contributed by atoms with Crippen LogP contribution in [0.5, 0.6) is 0 Å². The van der Waals surface area contributed by atoms with Crippen LogP contribution in [0.2, 0.25) is 0 Å². The third-order valence-corrected chi connectivity index (χ3v) is 6.63. The Morgan fingerprint density at radius 1 is 1.11 bits per heavy atom. The summed E-state index contributed by atoms with van der Waals surface area (Å²) in [6, 6.07) is 11.7. The van der Waals surface area contributed by atoms with Crippen molar-refractivity contribution < 1.29 is 17.6 Å². The summed E-state index contributed by atoms with van der Waals surface area (Å²) in [6.45, 7) is 4.02. The Hall–Kier alpha value is -2.58. The summed E-state index contributed by atoms with van der Waals surface area (Å²) in [5.74, 6) is -0.104. The molecule has 0 radical (unpaired) electrons. The molecule has 1 aliphatic heterocycles. The van der Waals surface area contributed by atoms with Crippen molar-refractivity contribution >= 4 is 27.0 Å². The van der Waals surface area contributed by atoms with Gasteiger partial charge in [0, 0.05) is 44.9 Å². The van der Waals surface area contributed by atoms with Crippen LogP contribution in [0.4, 0.5) is 0 Å². The first kappa shape index (κ1) is 18.8. The lowest BCUT2D eigenvalue weighted by Gasteiger charge is -2.33. The molecule has 2 aromatic heterocycles. The molecule has 1 aliphatic rings. The average Bonchev–Trinajstić information content (AvgIpc) is 3.25. The van der Waals surface area contributed by atoms with Crippen molar-refractivity contribution in [2.75, 3.05) is 32.4 Å². The average molecular weight is 401 g/mol. The summed E-state index contributed by atoms with van der Waals surface area (Å²) in [4.78, 5) is 14.9. The highest BCUT2D eigenvalue weighted by Gasteiger charge is 2.29. The van der Waals surface area contributed by atoms with E-state index in [9.17, 15) is 13.2 Å². The van der Waals surface area contributed by atoms with Crippen LogP contribution in [0, 0.1) is 6.92 Å². The van der Waals surface area contributed by atoms with Gasteiger partial charge in [-0.15, -0.1) is 0 Å². The SMILES string of the molecule is Cc1ccccc1Cn1c(C(=O)N2CCN(S(C)(=O)=O)CC2)cc2occc21. The quantitative estimate of drug-likeness (QED) is 0.672. The van der Waals surface area contributed by atoms with E-state index in [1.807, 2.05) is 22.8 Å². The third kappa shape index (κ3) is 3.45. The maximum atomic E-state index is 13.2. The number of fused-ring (bicyclic) bond motifs is 1. The second kappa shape index (κ2) is 7.10. The summed E-state index contributed by atoms with van der Waals surface area (Å²) >= 11 is 0. The molecular weight excluding hydrogens is 378 g/mol. The maximum Gasteiger partial charge on any atom is 0.270 e. The molecule has 28 heavy (non-hydrogen) atoms. The van der Waals surface area contributed by atoms with E-state index in [1.54, 1.807) is 17.2 Å². The van der Waals surface area contributed by atoms with E-state index in [0.29, 0.717) is 44.0 Å². The van der Waals surface area contributed by atoms with Gasteiger partial charge in [0.2, 0.25) is 10.0 Å². The second-order valence-electron chi connectivity index (χ2n) is 7.17. The number of nitrogens with zero attached hydrogens (tertiary/aromatic N) is 3. The van der Waals surface area contributed by atoms with E-state index in [1.165, 1.54) is 10.6 Å². The summed E-state index contributed by atoms with van der Waals surface area (Å²) in [6.07, 6.45) is 2.82. The number of aryl methyl sites for hydroxylation is 1. The van der Waals surface area contributed by atoms with Crippen molar-refractivity contribution in [3.63, 3.8) is 0 Å². The lowest BCUT2D eigenvalue weighted by Crippen LogP contribution is -2.50. The number of hydrogen-bond acceptors (Lipinski definition) is 4. The summed E-state index contributed by atoms with van der Waals surface area (Å²) in [5, 5.41) is 0. The van der Waals surface area contributed by atoms with Crippen LogP contribution in [0.3, 0.4) is 0 Å². The highest BCUT2D eigenvalue weighted by atomic mass is 32.2. The fraction of sp³-hybridized carbons (Fsp3) is 0.350. The fourth-order valence-corrected chi connectivity index (χ4v) is 4.49. The number of aromatic nitrogens is 1. The Bertz CT molecular complexity index is 1120. The van der Waals surface area contributed by atoms with Gasteiger partial charge in [0.25, 0.3) is 5.91 Å². The van der Waals surface area contributed by atoms with E-state index >= 15 is 0 Å². The zero-order valence-corrected chi connectivity index (χ0v) is 16.8. The lowest BCUT2D eigenvalue weighted by atomic mass is 10.1. The number of carbonyl (C=O) groups is 1. The highest BCUT2D eigenvalue weighted by Crippen LogP contribution is 2.25. The molecule has 8 heteroatoms. The minimum absolute atomic E-state index is 0.104. The summed E-state index contributed by atoms with van der Waals surface area (Å²) < 4.78 is 32.3. The summed E-state index contributed by atoms with van der Waals surface area (Å²) in [7, 11) is -3.23. The standard InChI is InChI=1S/C20H23N3O4S/c1-15-5-3-4-6-16(15)14-23-17-7-12-27-19(17)13-18(23)20(24)21-8-10-22(11-9-21)28(2,25)26/h3-7,12-13H,8-11,14H2,1-2H3. The number of sulfonamides is 1. The first-order chi connectivity index (χ1) is 13.3. The number of piperazine rings is 1. The smallest absolute Gasteiger partial charge is 0.270 e. The van der Waals surface area contributed by atoms with Crippen molar-refractivity contribution in [3.8, 4) is 0 Å². The van der Waals surface area contributed by atoms with Crippen LogP contribution >= 0.6 is 0 Å². The number of hydrogen-bond donors (Lipinski definition) is 0. The molecule has 0 N–H and O–H groups in total. The Balaban J connectivity index is 1.63. The molecule has 0 saturated carbocycles. The Kier molecular flexibility index (Phi) is 4.76. The van der Waals surface area contributed by atoms with Gasteiger partial charge in [-0.25, -0.2) is 8.42 Å². The van der Waals surface area contributed by atoms with Gasteiger partial charge in [0.15, 0.2) is 5.58 Å². The minimum Gasteiger partial charge on any atom is -0.463 e. The van der Waals surface area contributed by atoms with E-state index < -0.39 is 10.0 Å². The predicted molar refractivity (Wildman–Crippen MR) is 107 cm³/mol. The zero-order chi connectivity index (χ0) is 19.9. The van der Waals surface area contributed by atoms with E-state index in [4.69, 9.17) is 4.42 Å². The number of benzene rings is 1. The minimum atomic E-state index is -3.23. The molecule has 3 heterocycles.